The first-order valence-electron chi connectivity index (χ1n) is 7.85. The van der Waals surface area contributed by atoms with Crippen molar-refractivity contribution in [2.45, 2.75) is 38.0 Å². The maximum atomic E-state index is 10.1. The first-order valence-corrected chi connectivity index (χ1v) is 7.85. The highest BCUT2D eigenvalue weighted by Crippen LogP contribution is 2.37. The van der Waals surface area contributed by atoms with E-state index >= 15 is 0 Å². The molecule has 0 radical (unpaired) electrons. The predicted octanol–water partition coefficient (Wildman–Crippen LogP) is 3.62. The number of nitrogens with zero attached hydrogens (tertiary/aromatic N) is 1. The highest BCUT2D eigenvalue weighted by molar-refractivity contribution is 5.33. The molecule has 1 aliphatic rings. The van der Waals surface area contributed by atoms with E-state index in [4.69, 9.17) is 0 Å². The van der Waals surface area contributed by atoms with Crippen molar-refractivity contribution in [2.24, 2.45) is 0 Å². The highest BCUT2D eigenvalue weighted by atomic mass is 16.3. The summed E-state index contributed by atoms with van der Waals surface area (Å²) in [7, 11) is 0. The highest BCUT2D eigenvalue weighted by Gasteiger charge is 2.41. The van der Waals surface area contributed by atoms with Crippen LogP contribution < -0.4 is 0 Å². The van der Waals surface area contributed by atoms with Crippen molar-refractivity contribution in [3.63, 3.8) is 0 Å². The van der Waals surface area contributed by atoms with Crippen LogP contribution in [0.2, 0.25) is 0 Å². The van der Waals surface area contributed by atoms with Gasteiger partial charge in [-0.3, -0.25) is 4.90 Å². The lowest BCUT2D eigenvalue weighted by Gasteiger charge is -2.50. The summed E-state index contributed by atoms with van der Waals surface area (Å²) in [5.41, 5.74) is 2.61. The molecule has 0 spiro atoms. The maximum absolute atomic E-state index is 10.1. The van der Waals surface area contributed by atoms with Crippen molar-refractivity contribution in [1.82, 2.24) is 4.90 Å². The number of aliphatic hydroxyl groups is 1. The molecule has 1 saturated heterocycles. The minimum atomic E-state index is -0.181. The molecule has 0 unspecified atom stereocenters. The standard InChI is InChI=1S/C19H23NO/c1-2-9-17-18(21)14-20(17)19(15-10-5-3-6-11-15)16-12-7-4-8-13-16/h3-8,10-13,17-19,21H,2,9,14H2,1H3/t17-,18+/m1/s1. The lowest BCUT2D eigenvalue weighted by molar-refractivity contribution is -0.0816. The molecule has 1 fully saturated rings. The SMILES string of the molecule is CCC[C@@H]1[C@@H](O)CN1C(c1ccccc1)c1ccccc1. The minimum Gasteiger partial charge on any atom is -0.390 e. The Kier molecular flexibility index (Phi) is 4.37. The third kappa shape index (κ3) is 2.87. The zero-order chi connectivity index (χ0) is 14.7. The topological polar surface area (TPSA) is 23.5 Å². The van der Waals surface area contributed by atoms with Gasteiger partial charge in [-0.15, -0.1) is 0 Å². The number of hydrogen-bond acceptors (Lipinski definition) is 2. The second-order valence-corrected chi connectivity index (χ2v) is 5.84. The van der Waals surface area contributed by atoms with Crippen LogP contribution >= 0.6 is 0 Å². The largest absolute Gasteiger partial charge is 0.390 e. The van der Waals surface area contributed by atoms with E-state index in [-0.39, 0.29) is 18.2 Å². The molecule has 2 heteroatoms. The third-order valence-corrected chi connectivity index (χ3v) is 4.41. The van der Waals surface area contributed by atoms with Crippen LogP contribution in [0.3, 0.4) is 0 Å². The molecule has 110 valence electrons. The Bertz CT molecular complexity index is 515. The summed E-state index contributed by atoms with van der Waals surface area (Å²) in [6, 6.07) is 21.8. The van der Waals surface area contributed by atoms with E-state index < -0.39 is 0 Å². The zero-order valence-corrected chi connectivity index (χ0v) is 12.5. The molecule has 0 aromatic heterocycles. The third-order valence-electron chi connectivity index (χ3n) is 4.41. The van der Waals surface area contributed by atoms with Gasteiger partial charge in [0.05, 0.1) is 12.1 Å². The Morgan fingerprint density at radius 3 is 1.95 bits per heavy atom. The minimum absolute atomic E-state index is 0.181. The summed E-state index contributed by atoms with van der Waals surface area (Å²) >= 11 is 0. The Balaban J connectivity index is 1.94. The molecule has 1 heterocycles. The lowest BCUT2D eigenvalue weighted by Crippen LogP contribution is -2.60. The average molecular weight is 281 g/mol. The first-order chi connectivity index (χ1) is 10.3. The fourth-order valence-corrected chi connectivity index (χ4v) is 3.35. The van der Waals surface area contributed by atoms with Gasteiger partial charge < -0.3 is 5.11 Å². The quantitative estimate of drug-likeness (QED) is 0.905. The van der Waals surface area contributed by atoms with Gasteiger partial charge in [0, 0.05) is 12.6 Å². The molecule has 0 bridgehead atoms. The molecule has 2 atom stereocenters. The van der Waals surface area contributed by atoms with Crippen LogP contribution in [0.4, 0.5) is 0 Å². The number of hydrogen-bond donors (Lipinski definition) is 1. The van der Waals surface area contributed by atoms with Gasteiger partial charge in [0.1, 0.15) is 0 Å². The molecule has 1 aliphatic heterocycles. The summed E-state index contributed by atoms with van der Waals surface area (Å²) < 4.78 is 0. The van der Waals surface area contributed by atoms with Gasteiger partial charge in [-0.25, -0.2) is 0 Å². The fraction of sp³-hybridized carbons (Fsp3) is 0.368. The van der Waals surface area contributed by atoms with Crippen LogP contribution in [-0.4, -0.2) is 28.7 Å². The molecule has 21 heavy (non-hydrogen) atoms. The molecule has 2 nitrogen and oxygen atoms in total. The second-order valence-electron chi connectivity index (χ2n) is 5.84. The van der Waals surface area contributed by atoms with Crippen molar-refractivity contribution in [1.29, 1.82) is 0 Å². The van der Waals surface area contributed by atoms with Crippen LogP contribution in [0.15, 0.2) is 60.7 Å². The molecule has 2 aromatic rings. The van der Waals surface area contributed by atoms with Crippen LogP contribution in [0.5, 0.6) is 0 Å². The Hall–Kier alpha value is -1.64. The van der Waals surface area contributed by atoms with Crippen LogP contribution in [0, 0.1) is 0 Å². The summed E-state index contributed by atoms with van der Waals surface area (Å²) in [5, 5.41) is 10.1. The van der Waals surface area contributed by atoms with E-state index in [2.05, 4.69) is 72.5 Å². The fourth-order valence-electron chi connectivity index (χ4n) is 3.35. The monoisotopic (exact) mass is 281 g/mol. The van der Waals surface area contributed by atoms with Gasteiger partial charge in [-0.1, -0.05) is 74.0 Å². The van der Waals surface area contributed by atoms with Crippen molar-refractivity contribution in [3.8, 4) is 0 Å². The second kappa shape index (κ2) is 6.42. The smallest absolute Gasteiger partial charge is 0.0822 e. The van der Waals surface area contributed by atoms with E-state index in [9.17, 15) is 5.11 Å². The number of β-amino-alcohol motifs (C(OH)–C–C–N with tert-alkyl or cyclic N) is 1. The summed E-state index contributed by atoms with van der Waals surface area (Å²) in [6.45, 7) is 2.95. The van der Waals surface area contributed by atoms with E-state index in [0.717, 1.165) is 19.4 Å². The van der Waals surface area contributed by atoms with E-state index in [1.54, 1.807) is 0 Å². The van der Waals surface area contributed by atoms with Crippen molar-refractivity contribution < 1.29 is 5.11 Å². The maximum Gasteiger partial charge on any atom is 0.0822 e. The number of aliphatic hydroxyl groups excluding tert-OH is 1. The molecule has 1 N–H and O–H groups in total. The Labute approximate surface area is 127 Å². The summed E-state index contributed by atoms with van der Waals surface area (Å²) in [6.07, 6.45) is 1.98. The van der Waals surface area contributed by atoms with Gasteiger partial charge in [0.25, 0.3) is 0 Å². The first kappa shape index (κ1) is 14.3. The Morgan fingerprint density at radius 1 is 1.00 bits per heavy atom. The van der Waals surface area contributed by atoms with Crippen molar-refractivity contribution in [3.05, 3.63) is 71.8 Å². The van der Waals surface area contributed by atoms with E-state index in [0.29, 0.717) is 0 Å². The summed E-state index contributed by atoms with van der Waals surface area (Å²) in [5.74, 6) is 0. The van der Waals surface area contributed by atoms with Crippen molar-refractivity contribution in [2.75, 3.05) is 6.54 Å². The van der Waals surface area contributed by atoms with Gasteiger partial charge in [0.2, 0.25) is 0 Å². The molecular formula is C19H23NO. The molecule has 2 aromatic carbocycles. The zero-order valence-electron chi connectivity index (χ0n) is 12.5. The van der Waals surface area contributed by atoms with E-state index in [1.165, 1.54) is 11.1 Å². The molecule has 0 aliphatic carbocycles. The van der Waals surface area contributed by atoms with Gasteiger partial charge in [-0.2, -0.15) is 0 Å². The van der Waals surface area contributed by atoms with Crippen molar-refractivity contribution >= 4 is 0 Å². The molecule has 0 amide bonds. The summed E-state index contributed by atoms with van der Waals surface area (Å²) in [4.78, 5) is 2.44. The number of benzene rings is 2. The van der Waals surface area contributed by atoms with Crippen LogP contribution in [-0.2, 0) is 0 Å². The van der Waals surface area contributed by atoms with Gasteiger partial charge >= 0.3 is 0 Å². The Morgan fingerprint density at radius 2 is 1.52 bits per heavy atom. The van der Waals surface area contributed by atoms with Crippen LogP contribution in [0.1, 0.15) is 36.9 Å². The molecular weight excluding hydrogens is 258 g/mol. The van der Waals surface area contributed by atoms with Gasteiger partial charge in [0.15, 0.2) is 0 Å². The number of rotatable bonds is 5. The predicted molar refractivity (Wildman–Crippen MR) is 86.1 cm³/mol. The van der Waals surface area contributed by atoms with E-state index in [1.807, 2.05) is 0 Å². The van der Waals surface area contributed by atoms with Crippen LogP contribution in [0.25, 0.3) is 0 Å². The van der Waals surface area contributed by atoms with Gasteiger partial charge in [-0.05, 0) is 17.5 Å². The average Bonchev–Trinajstić information content (AvgIpc) is 2.54. The lowest BCUT2D eigenvalue weighted by atomic mass is 9.87. The molecule has 0 saturated carbocycles. The number of likely N-dealkylation sites (tertiary alicyclic amines) is 1. The normalized spacial score (nSPS) is 22.2. The molecule has 3 rings (SSSR count).